The van der Waals surface area contributed by atoms with E-state index < -0.39 is 0 Å². The maximum Gasteiger partial charge on any atom is 0.134 e. The molecule has 1 aromatic heterocycles. The minimum Gasteiger partial charge on any atom is -0.396 e. The Morgan fingerprint density at radius 1 is 1.46 bits per heavy atom. The summed E-state index contributed by atoms with van der Waals surface area (Å²) in [6.07, 6.45) is 1.54. The van der Waals surface area contributed by atoms with Crippen LogP contribution in [0.25, 0.3) is 0 Å². The van der Waals surface area contributed by atoms with Gasteiger partial charge in [0.05, 0.1) is 24.2 Å². The Morgan fingerprint density at radius 2 is 2.08 bits per heavy atom. The van der Waals surface area contributed by atoms with Crippen LogP contribution in [0.4, 0.5) is 5.69 Å². The van der Waals surface area contributed by atoms with E-state index in [-0.39, 0.29) is 12.0 Å². The van der Waals surface area contributed by atoms with Gasteiger partial charge in [-0.15, -0.1) is 0 Å². The summed E-state index contributed by atoms with van der Waals surface area (Å²) in [5, 5.41) is 8.94. The second-order valence-corrected chi connectivity index (χ2v) is 4.00. The molecule has 4 nitrogen and oxygen atoms in total. The van der Waals surface area contributed by atoms with E-state index in [4.69, 9.17) is 10.8 Å². The molecule has 0 saturated heterocycles. The number of aromatic nitrogens is 2. The van der Waals surface area contributed by atoms with E-state index >= 15 is 0 Å². The molecule has 4 heteroatoms. The number of nitrogen functional groups attached to an aromatic ring is 1. The molecule has 0 atom stereocenters. The Hall–Kier alpha value is -1.16. The van der Waals surface area contributed by atoms with E-state index in [0.717, 1.165) is 0 Å². The number of hydrogen-bond donors (Lipinski definition) is 2. The maximum atomic E-state index is 8.94. The second kappa shape index (κ2) is 3.30. The standard InChI is InChI=1S/C9H15N3O/c1-9(2,3)8-11-4-6(10)7(5-13)12-8/h4,13H,5,10H2,1-3H3. The van der Waals surface area contributed by atoms with Crippen LogP contribution >= 0.6 is 0 Å². The van der Waals surface area contributed by atoms with Crippen molar-refractivity contribution in [3.05, 3.63) is 17.7 Å². The molecule has 0 amide bonds. The van der Waals surface area contributed by atoms with Gasteiger partial charge in [-0.25, -0.2) is 9.97 Å². The fourth-order valence-electron chi connectivity index (χ4n) is 0.914. The van der Waals surface area contributed by atoms with Crippen LogP contribution in [0.5, 0.6) is 0 Å². The largest absolute Gasteiger partial charge is 0.396 e. The number of aliphatic hydroxyl groups excluding tert-OH is 1. The number of hydrogen-bond acceptors (Lipinski definition) is 4. The first-order valence-corrected chi connectivity index (χ1v) is 4.18. The molecular weight excluding hydrogens is 166 g/mol. The minimum absolute atomic E-state index is 0.113. The van der Waals surface area contributed by atoms with Crippen molar-refractivity contribution in [1.29, 1.82) is 0 Å². The summed E-state index contributed by atoms with van der Waals surface area (Å²) in [7, 11) is 0. The van der Waals surface area contributed by atoms with Crippen LogP contribution in [0.3, 0.4) is 0 Å². The Balaban J connectivity index is 3.14. The fraction of sp³-hybridized carbons (Fsp3) is 0.556. The van der Waals surface area contributed by atoms with Crippen molar-refractivity contribution in [3.8, 4) is 0 Å². The van der Waals surface area contributed by atoms with Gasteiger partial charge in [0.1, 0.15) is 5.82 Å². The zero-order valence-corrected chi connectivity index (χ0v) is 8.20. The van der Waals surface area contributed by atoms with E-state index in [9.17, 15) is 0 Å². The van der Waals surface area contributed by atoms with Crippen molar-refractivity contribution >= 4 is 5.69 Å². The zero-order chi connectivity index (χ0) is 10.1. The van der Waals surface area contributed by atoms with Crippen LogP contribution in [-0.4, -0.2) is 15.1 Å². The second-order valence-electron chi connectivity index (χ2n) is 4.00. The average Bonchev–Trinajstić information content (AvgIpc) is 2.03. The molecule has 0 aromatic carbocycles. The van der Waals surface area contributed by atoms with E-state index in [1.807, 2.05) is 20.8 Å². The molecule has 0 radical (unpaired) electrons. The summed E-state index contributed by atoms with van der Waals surface area (Å²) in [6, 6.07) is 0. The summed E-state index contributed by atoms with van der Waals surface area (Å²) in [5.74, 6) is 0.700. The highest BCUT2D eigenvalue weighted by molar-refractivity contribution is 5.40. The highest BCUT2D eigenvalue weighted by Crippen LogP contribution is 2.19. The van der Waals surface area contributed by atoms with E-state index in [0.29, 0.717) is 17.2 Å². The molecule has 1 aromatic rings. The lowest BCUT2D eigenvalue weighted by Gasteiger charge is -2.17. The molecule has 3 N–H and O–H groups in total. The Kier molecular flexibility index (Phi) is 2.52. The van der Waals surface area contributed by atoms with Crippen LogP contribution in [0.1, 0.15) is 32.3 Å². The molecule has 1 rings (SSSR count). The Morgan fingerprint density at radius 3 is 2.54 bits per heavy atom. The first-order chi connectivity index (χ1) is 5.95. The molecule has 72 valence electrons. The molecular formula is C9H15N3O. The topological polar surface area (TPSA) is 72.0 Å². The lowest BCUT2D eigenvalue weighted by molar-refractivity contribution is 0.276. The number of rotatable bonds is 1. The molecule has 0 saturated carbocycles. The number of nitrogens with two attached hydrogens (primary N) is 1. The van der Waals surface area contributed by atoms with Gasteiger partial charge >= 0.3 is 0 Å². The zero-order valence-electron chi connectivity index (χ0n) is 8.20. The van der Waals surface area contributed by atoms with Gasteiger partial charge in [0.15, 0.2) is 0 Å². The van der Waals surface area contributed by atoms with Crippen molar-refractivity contribution in [3.63, 3.8) is 0 Å². The van der Waals surface area contributed by atoms with Crippen LogP contribution in [-0.2, 0) is 12.0 Å². The maximum absolute atomic E-state index is 8.94. The van der Waals surface area contributed by atoms with Crippen molar-refractivity contribution in [2.75, 3.05) is 5.73 Å². The monoisotopic (exact) mass is 181 g/mol. The first kappa shape index (κ1) is 9.92. The first-order valence-electron chi connectivity index (χ1n) is 4.18. The van der Waals surface area contributed by atoms with Gasteiger partial charge in [0.25, 0.3) is 0 Å². The average molecular weight is 181 g/mol. The molecule has 0 aliphatic rings. The SMILES string of the molecule is CC(C)(C)c1ncc(N)c(CO)n1. The molecule has 0 unspecified atom stereocenters. The van der Waals surface area contributed by atoms with Gasteiger partial charge in [-0.1, -0.05) is 20.8 Å². The molecule has 0 bridgehead atoms. The lowest BCUT2D eigenvalue weighted by atomic mass is 9.95. The van der Waals surface area contributed by atoms with E-state index in [1.54, 1.807) is 6.20 Å². The Bertz CT molecular complexity index is 304. The Labute approximate surface area is 77.8 Å². The number of anilines is 1. The van der Waals surface area contributed by atoms with Gasteiger partial charge in [-0.2, -0.15) is 0 Å². The van der Waals surface area contributed by atoms with Crippen LogP contribution in [0, 0.1) is 0 Å². The third-order valence-corrected chi connectivity index (χ3v) is 1.72. The third kappa shape index (κ3) is 2.15. The van der Waals surface area contributed by atoms with Crippen molar-refractivity contribution in [2.45, 2.75) is 32.8 Å². The quantitative estimate of drug-likeness (QED) is 0.673. The normalized spacial score (nSPS) is 11.7. The van der Waals surface area contributed by atoms with E-state index in [1.165, 1.54) is 0 Å². The predicted octanol–water partition coefficient (Wildman–Crippen LogP) is 0.849. The smallest absolute Gasteiger partial charge is 0.134 e. The van der Waals surface area contributed by atoms with Gasteiger partial charge in [0, 0.05) is 5.41 Å². The third-order valence-electron chi connectivity index (χ3n) is 1.72. The molecule has 0 aliphatic heterocycles. The van der Waals surface area contributed by atoms with Crippen molar-refractivity contribution in [2.24, 2.45) is 0 Å². The summed E-state index contributed by atoms with van der Waals surface area (Å²) in [5.41, 5.74) is 6.38. The van der Waals surface area contributed by atoms with Gasteiger partial charge in [0.2, 0.25) is 0 Å². The van der Waals surface area contributed by atoms with Crippen molar-refractivity contribution in [1.82, 2.24) is 9.97 Å². The molecule has 0 spiro atoms. The summed E-state index contributed by atoms with van der Waals surface area (Å²) in [6.45, 7) is 5.90. The van der Waals surface area contributed by atoms with Gasteiger partial charge in [-0.3, -0.25) is 0 Å². The molecule has 1 heterocycles. The van der Waals surface area contributed by atoms with Crippen LogP contribution in [0.15, 0.2) is 6.20 Å². The molecule has 13 heavy (non-hydrogen) atoms. The highest BCUT2D eigenvalue weighted by Gasteiger charge is 2.18. The molecule has 0 aliphatic carbocycles. The van der Waals surface area contributed by atoms with Crippen molar-refractivity contribution < 1.29 is 5.11 Å². The summed E-state index contributed by atoms with van der Waals surface area (Å²) >= 11 is 0. The number of aliphatic hydroxyl groups is 1. The van der Waals surface area contributed by atoms with Crippen LogP contribution < -0.4 is 5.73 Å². The van der Waals surface area contributed by atoms with Gasteiger partial charge < -0.3 is 10.8 Å². The lowest BCUT2D eigenvalue weighted by Crippen LogP contribution is -2.17. The number of nitrogens with zero attached hydrogens (tertiary/aromatic N) is 2. The van der Waals surface area contributed by atoms with E-state index in [2.05, 4.69) is 9.97 Å². The predicted molar refractivity (Wildman–Crippen MR) is 51.1 cm³/mol. The minimum atomic E-state index is -0.141. The summed E-state index contributed by atoms with van der Waals surface area (Å²) in [4.78, 5) is 8.29. The summed E-state index contributed by atoms with van der Waals surface area (Å²) < 4.78 is 0. The highest BCUT2D eigenvalue weighted by atomic mass is 16.3. The van der Waals surface area contributed by atoms with Gasteiger partial charge in [-0.05, 0) is 0 Å². The molecule has 0 fully saturated rings. The van der Waals surface area contributed by atoms with Crippen LogP contribution in [0.2, 0.25) is 0 Å². The fourth-order valence-corrected chi connectivity index (χ4v) is 0.914.